The first-order valence-electron chi connectivity index (χ1n) is 6.14. The molecule has 1 aromatic rings. The Morgan fingerprint density at radius 2 is 2.15 bits per heavy atom. The molecule has 1 unspecified atom stereocenters. The molecule has 0 radical (unpaired) electrons. The lowest BCUT2D eigenvalue weighted by molar-refractivity contribution is -0.385. The van der Waals surface area contributed by atoms with E-state index in [1.54, 1.807) is 19.9 Å². The topological polar surface area (TPSA) is 102 Å². The van der Waals surface area contributed by atoms with Crippen molar-refractivity contribution in [3.8, 4) is 5.75 Å². The first-order valence-corrected chi connectivity index (χ1v) is 6.14. The van der Waals surface area contributed by atoms with Gasteiger partial charge in [0, 0.05) is 12.6 Å². The monoisotopic (exact) mass is 282 g/mol. The number of carbonyl (C=O) groups is 1. The zero-order chi connectivity index (χ0) is 15.3. The van der Waals surface area contributed by atoms with Gasteiger partial charge in [0.2, 0.25) is 0 Å². The summed E-state index contributed by atoms with van der Waals surface area (Å²) >= 11 is 0. The van der Waals surface area contributed by atoms with Gasteiger partial charge in [0.05, 0.1) is 12.0 Å². The standard InChI is InChI=1S/C13H18N2O5/c1-8(2)12(13(16)17)14-7-9-4-5-11(20-3)10(6-9)15(18)19/h4-6,8,12,14H,7H2,1-3H3,(H,16,17). The van der Waals surface area contributed by atoms with Crippen LogP contribution in [0.2, 0.25) is 0 Å². The fourth-order valence-corrected chi connectivity index (χ4v) is 1.82. The highest BCUT2D eigenvalue weighted by molar-refractivity contribution is 5.73. The number of nitrogens with one attached hydrogen (secondary N) is 1. The van der Waals surface area contributed by atoms with E-state index in [4.69, 9.17) is 9.84 Å². The highest BCUT2D eigenvalue weighted by Gasteiger charge is 2.21. The van der Waals surface area contributed by atoms with E-state index in [0.717, 1.165) is 0 Å². The average molecular weight is 282 g/mol. The number of rotatable bonds is 7. The van der Waals surface area contributed by atoms with Gasteiger partial charge in [0.25, 0.3) is 0 Å². The number of hydrogen-bond acceptors (Lipinski definition) is 5. The van der Waals surface area contributed by atoms with Crippen LogP contribution in [0.1, 0.15) is 19.4 Å². The lowest BCUT2D eigenvalue weighted by Gasteiger charge is -2.17. The normalized spacial score (nSPS) is 12.2. The molecule has 0 saturated carbocycles. The van der Waals surface area contributed by atoms with Crippen molar-refractivity contribution >= 4 is 11.7 Å². The molecule has 1 atom stereocenters. The Balaban J connectivity index is 2.86. The zero-order valence-electron chi connectivity index (χ0n) is 11.6. The molecule has 0 aliphatic rings. The molecule has 0 saturated heterocycles. The van der Waals surface area contributed by atoms with E-state index in [2.05, 4.69) is 5.32 Å². The number of nitrogens with zero attached hydrogens (tertiary/aromatic N) is 1. The molecule has 1 rings (SSSR count). The number of methoxy groups -OCH3 is 1. The van der Waals surface area contributed by atoms with Gasteiger partial charge in [-0.05, 0) is 17.5 Å². The average Bonchev–Trinajstić information content (AvgIpc) is 2.37. The second kappa shape index (κ2) is 6.85. The molecule has 0 aromatic heterocycles. The summed E-state index contributed by atoms with van der Waals surface area (Å²) in [5.74, 6) is -0.846. The van der Waals surface area contributed by atoms with Gasteiger partial charge in [-0.3, -0.25) is 14.9 Å². The van der Waals surface area contributed by atoms with E-state index in [0.29, 0.717) is 5.56 Å². The molecular formula is C13H18N2O5. The van der Waals surface area contributed by atoms with E-state index < -0.39 is 16.9 Å². The second-order valence-electron chi connectivity index (χ2n) is 4.70. The van der Waals surface area contributed by atoms with Gasteiger partial charge < -0.3 is 15.2 Å². The fraction of sp³-hybridized carbons (Fsp3) is 0.462. The van der Waals surface area contributed by atoms with Crippen LogP contribution in [-0.4, -0.2) is 29.2 Å². The molecule has 0 aliphatic heterocycles. The van der Waals surface area contributed by atoms with Gasteiger partial charge in [-0.1, -0.05) is 19.9 Å². The Labute approximate surface area is 116 Å². The molecule has 110 valence electrons. The summed E-state index contributed by atoms with van der Waals surface area (Å²) in [4.78, 5) is 21.4. The zero-order valence-corrected chi connectivity index (χ0v) is 11.6. The van der Waals surface area contributed by atoms with Crippen LogP contribution in [0.4, 0.5) is 5.69 Å². The van der Waals surface area contributed by atoms with Crippen molar-refractivity contribution in [1.82, 2.24) is 5.32 Å². The molecule has 7 heteroatoms. The summed E-state index contributed by atoms with van der Waals surface area (Å²) in [6, 6.07) is 3.85. The Bertz CT molecular complexity index is 502. The molecule has 2 N–H and O–H groups in total. The third-order valence-corrected chi connectivity index (χ3v) is 2.90. The predicted molar refractivity (Wildman–Crippen MR) is 72.7 cm³/mol. The van der Waals surface area contributed by atoms with E-state index >= 15 is 0 Å². The van der Waals surface area contributed by atoms with E-state index in [9.17, 15) is 14.9 Å². The van der Waals surface area contributed by atoms with Gasteiger partial charge >= 0.3 is 11.7 Å². The summed E-state index contributed by atoms with van der Waals surface area (Å²) in [5.41, 5.74) is 0.493. The van der Waals surface area contributed by atoms with E-state index in [1.807, 2.05) is 0 Å². The highest BCUT2D eigenvalue weighted by atomic mass is 16.6. The maximum atomic E-state index is 11.0. The molecule has 0 aliphatic carbocycles. The third kappa shape index (κ3) is 3.92. The van der Waals surface area contributed by atoms with Gasteiger partial charge in [-0.25, -0.2) is 0 Å². The molecule has 0 amide bonds. The molecule has 7 nitrogen and oxygen atoms in total. The largest absolute Gasteiger partial charge is 0.490 e. The van der Waals surface area contributed by atoms with Crippen LogP contribution in [0.5, 0.6) is 5.75 Å². The van der Waals surface area contributed by atoms with Crippen molar-refractivity contribution in [2.45, 2.75) is 26.4 Å². The summed E-state index contributed by atoms with van der Waals surface area (Å²) in [6.07, 6.45) is 0. The van der Waals surface area contributed by atoms with Crippen molar-refractivity contribution in [2.75, 3.05) is 7.11 Å². The number of aliphatic carboxylic acids is 1. The maximum Gasteiger partial charge on any atom is 0.320 e. The van der Waals surface area contributed by atoms with Crippen LogP contribution in [0.25, 0.3) is 0 Å². The minimum absolute atomic E-state index is 0.0827. The third-order valence-electron chi connectivity index (χ3n) is 2.90. The number of nitro benzene ring substituents is 1. The molecule has 0 heterocycles. The number of carboxylic acids is 1. The van der Waals surface area contributed by atoms with Crippen molar-refractivity contribution in [3.05, 3.63) is 33.9 Å². The van der Waals surface area contributed by atoms with Crippen LogP contribution in [0.3, 0.4) is 0 Å². The second-order valence-corrected chi connectivity index (χ2v) is 4.70. The Kier molecular flexibility index (Phi) is 5.45. The quantitative estimate of drug-likeness (QED) is 0.584. The van der Waals surface area contributed by atoms with Gasteiger partial charge in [-0.2, -0.15) is 0 Å². The Morgan fingerprint density at radius 1 is 1.50 bits per heavy atom. The van der Waals surface area contributed by atoms with Crippen molar-refractivity contribution in [2.24, 2.45) is 5.92 Å². The van der Waals surface area contributed by atoms with Crippen LogP contribution in [0, 0.1) is 16.0 Å². The van der Waals surface area contributed by atoms with Crippen LogP contribution >= 0.6 is 0 Å². The molecule has 0 bridgehead atoms. The number of nitro groups is 1. The fourth-order valence-electron chi connectivity index (χ4n) is 1.82. The minimum Gasteiger partial charge on any atom is -0.490 e. The van der Waals surface area contributed by atoms with Crippen molar-refractivity contribution < 1.29 is 19.6 Å². The predicted octanol–water partition coefficient (Wildman–Crippen LogP) is 1.80. The Hall–Kier alpha value is -2.15. The summed E-state index contributed by atoms with van der Waals surface area (Å²) < 4.78 is 4.91. The smallest absolute Gasteiger partial charge is 0.320 e. The number of carboxylic acid groups (broad SMARTS) is 1. The van der Waals surface area contributed by atoms with Gasteiger partial charge in [0.1, 0.15) is 6.04 Å². The maximum absolute atomic E-state index is 11.0. The number of hydrogen-bond donors (Lipinski definition) is 2. The Morgan fingerprint density at radius 3 is 2.60 bits per heavy atom. The lowest BCUT2D eigenvalue weighted by atomic mass is 10.0. The summed E-state index contributed by atoms with van der Waals surface area (Å²) in [7, 11) is 1.36. The summed E-state index contributed by atoms with van der Waals surface area (Å²) in [5, 5.41) is 22.8. The van der Waals surface area contributed by atoms with Gasteiger partial charge in [-0.15, -0.1) is 0 Å². The van der Waals surface area contributed by atoms with E-state index in [-0.39, 0.29) is 23.9 Å². The summed E-state index contributed by atoms with van der Waals surface area (Å²) in [6.45, 7) is 3.82. The minimum atomic E-state index is -0.942. The SMILES string of the molecule is COc1ccc(CNC(C(=O)O)C(C)C)cc1[N+](=O)[O-]. The molecule has 20 heavy (non-hydrogen) atoms. The van der Waals surface area contributed by atoms with Gasteiger partial charge in [0.15, 0.2) is 5.75 Å². The lowest BCUT2D eigenvalue weighted by Crippen LogP contribution is -2.40. The van der Waals surface area contributed by atoms with Crippen LogP contribution in [-0.2, 0) is 11.3 Å². The molecular weight excluding hydrogens is 264 g/mol. The van der Waals surface area contributed by atoms with Crippen molar-refractivity contribution in [3.63, 3.8) is 0 Å². The molecule has 0 fully saturated rings. The van der Waals surface area contributed by atoms with Crippen LogP contribution in [0.15, 0.2) is 18.2 Å². The first-order chi connectivity index (χ1) is 9.36. The number of benzene rings is 1. The van der Waals surface area contributed by atoms with Crippen molar-refractivity contribution in [1.29, 1.82) is 0 Å². The highest BCUT2D eigenvalue weighted by Crippen LogP contribution is 2.27. The van der Waals surface area contributed by atoms with E-state index in [1.165, 1.54) is 19.2 Å². The van der Waals surface area contributed by atoms with Crippen LogP contribution < -0.4 is 10.1 Å². The molecule has 1 aromatic carbocycles. The number of ether oxygens (including phenoxy) is 1. The molecule has 0 spiro atoms. The first kappa shape index (κ1) is 15.9.